The van der Waals surface area contributed by atoms with E-state index in [0.717, 1.165) is 6.07 Å². The average Bonchev–Trinajstić information content (AvgIpc) is 2.98. The van der Waals surface area contributed by atoms with Gasteiger partial charge >= 0.3 is 0 Å². The number of pyridine rings is 2. The Bertz CT molecular complexity index is 1150. The zero-order valence-electron chi connectivity index (χ0n) is 15.1. The number of fused-ring (bicyclic) bond motifs is 1. The standard InChI is InChI=1S/C17H18F2N4O3S/c1-17(2,3)27(24,25)13-8-23-11(7-21-14(23)6-12(13)26-4)9-5-10(18)16(20)22-15(9)19/h5-8H,1-4H3,(H2,20,22). The summed E-state index contributed by atoms with van der Waals surface area (Å²) in [7, 11) is -2.45. The maximum atomic E-state index is 14.2. The van der Waals surface area contributed by atoms with E-state index in [2.05, 4.69) is 9.97 Å². The molecular weight excluding hydrogens is 378 g/mol. The van der Waals surface area contributed by atoms with Crippen molar-refractivity contribution in [3.8, 4) is 17.0 Å². The Labute approximate surface area is 154 Å². The number of methoxy groups -OCH3 is 1. The van der Waals surface area contributed by atoms with Gasteiger partial charge in [-0.2, -0.15) is 9.37 Å². The molecule has 2 N–H and O–H groups in total. The molecular formula is C17H18F2N4O3S. The number of anilines is 1. The number of ether oxygens (including phenoxy) is 1. The normalized spacial score (nSPS) is 12.5. The monoisotopic (exact) mass is 396 g/mol. The van der Waals surface area contributed by atoms with Crippen LogP contribution >= 0.6 is 0 Å². The molecule has 0 aliphatic carbocycles. The largest absolute Gasteiger partial charge is 0.495 e. The third-order valence-corrected chi connectivity index (χ3v) is 6.62. The minimum absolute atomic E-state index is 0.0893. The highest BCUT2D eigenvalue weighted by Gasteiger charge is 2.34. The molecule has 7 nitrogen and oxygen atoms in total. The van der Waals surface area contributed by atoms with E-state index in [4.69, 9.17) is 10.5 Å². The van der Waals surface area contributed by atoms with Crippen LogP contribution in [0.3, 0.4) is 0 Å². The number of nitrogens with two attached hydrogens (primary N) is 1. The first kappa shape index (κ1) is 19.0. The molecule has 0 amide bonds. The molecule has 0 radical (unpaired) electrons. The van der Waals surface area contributed by atoms with Gasteiger partial charge in [0.25, 0.3) is 0 Å². The van der Waals surface area contributed by atoms with Gasteiger partial charge in [-0.3, -0.25) is 4.40 Å². The van der Waals surface area contributed by atoms with Crippen LogP contribution in [-0.2, 0) is 9.84 Å². The number of hydrogen-bond acceptors (Lipinski definition) is 6. The van der Waals surface area contributed by atoms with E-state index in [9.17, 15) is 17.2 Å². The van der Waals surface area contributed by atoms with E-state index in [-0.39, 0.29) is 21.9 Å². The molecule has 0 fully saturated rings. The lowest BCUT2D eigenvalue weighted by atomic mass is 10.2. The number of aromatic nitrogens is 3. The van der Waals surface area contributed by atoms with Crippen molar-refractivity contribution in [2.24, 2.45) is 0 Å². The summed E-state index contributed by atoms with van der Waals surface area (Å²) in [5.41, 5.74) is 5.51. The van der Waals surface area contributed by atoms with Crippen molar-refractivity contribution in [3.63, 3.8) is 0 Å². The van der Waals surface area contributed by atoms with Gasteiger partial charge in [-0.05, 0) is 26.8 Å². The molecule has 0 unspecified atom stereocenters. The predicted octanol–water partition coefficient (Wildman–Crippen LogP) is 2.84. The molecule has 3 aromatic heterocycles. The van der Waals surface area contributed by atoms with Crippen LogP contribution in [0.1, 0.15) is 20.8 Å². The lowest BCUT2D eigenvalue weighted by molar-refractivity contribution is 0.401. The fourth-order valence-electron chi connectivity index (χ4n) is 2.54. The number of sulfone groups is 1. The lowest BCUT2D eigenvalue weighted by Crippen LogP contribution is -2.28. The number of nitrogen functional groups attached to an aromatic ring is 1. The maximum Gasteiger partial charge on any atom is 0.224 e. The quantitative estimate of drug-likeness (QED) is 0.684. The summed E-state index contributed by atoms with van der Waals surface area (Å²) in [6.45, 7) is 4.67. The Kier molecular flexibility index (Phi) is 4.34. The average molecular weight is 396 g/mol. The van der Waals surface area contributed by atoms with E-state index in [1.807, 2.05) is 0 Å². The minimum atomic E-state index is -3.79. The molecule has 3 rings (SSSR count). The van der Waals surface area contributed by atoms with Crippen molar-refractivity contribution in [1.82, 2.24) is 14.4 Å². The van der Waals surface area contributed by atoms with Gasteiger partial charge in [0, 0.05) is 12.3 Å². The summed E-state index contributed by atoms with van der Waals surface area (Å²) >= 11 is 0. The first-order valence-electron chi connectivity index (χ1n) is 7.89. The second kappa shape index (κ2) is 6.15. The third kappa shape index (κ3) is 2.99. The minimum Gasteiger partial charge on any atom is -0.495 e. The van der Waals surface area contributed by atoms with Gasteiger partial charge in [0.1, 0.15) is 16.3 Å². The second-order valence-corrected chi connectivity index (χ2v) is 9.56. The van der Waals surface area contributed by atoms with Gasteiger partial charge in [0.2, 0.25) is 5.95 Å². The fraction of sp³-hybridized carbons (Fsp3) is 0.294. The van der Waals surface area contributed by atoms with Crippen molar-refractivity contribution in [2.75, 3.05) is 12.8 Å². The predicted molar refractivity (Wildman–Crippen MR) is 96.2 cm³/mol. The fourth-order valence-corrected chi connectivity index (χ4v) is 3.85. The Balaban J connectivity index is 2.34. The summed E-state index contributed by atoms with van der Waals surface area (Å²) < 4.78 is 59.4. The Morgan fingerprint density at radius 1 is 1.22 bits per heavy atom. The summed E-state index contributed by atoms with van der Waals surface area (Å²) in [6, 6.07) is 2.31. The van der Waals surface area contributed by atoms with Gasteiger partial charge in [-0.1, -0.05) is 0 Å². The highest BCUT2D eigenvalue weighted by Crippen LogP contribution is 2.34. The first-order valence-corrected chi connectivity index (χ1v) is 9.37. The molecule has 27 heavy (non-hydrogen) atoms. The summed E-state index contributed by atoms with van der Waals surface area (Å²) in [6.07, 6.45) is 2.57. The van der Waals surface area contributed by atoms with Crippen LogP contribution in [0.5, 0.6) is 5.75 Å². The van der Waals surface area contributed by atoms with Crippen LogP contribution in [0.2, 0.25) is 0 Å². The third-order valence-electron chi connectivity index (χ3n) is 4.12. The maximum absolute atomic E-state index is 14.2. The zero-order valence-corrected chi connectivity index (χ0v) is 15.9. The van der Waals surface area contributed by atoms with E-state index >= 15 is 0 Å². The van der Waals surface area contributed by atoms with Crippen molar-refractivity contribution < 1.29 is 21.9 Å². The molecule has 0 aromatic carbocycles. The van der Waals surface area contributed by atoms with Gasteiger partial charge < -0.3 is 10.5 Å². The van der Waals surface area contributed by atoms with Gasteiger partial charge in [-0.15, -0.1) is 0 Å². The van der Waals surface area contributed by atoms with Crippen LogP contribution in [0.15, 0.2) is 29.4 Å². The van der Waals surface area contributed by atoms with Crippen molar-refractivity contribution in [1.29, 1.82) is 0 Å². The Hall–Kier alpha value is -2.75. The smallest absolute Gasteiger partial charge is 0.224 e. The van der Waals surface area contributed by atoms with E-state index in [1.165, 1.54) is 30.0 Å². The molecule has 144 valence electrons. The molecule has 0 spiro atoms. The molecule has 0 bridgehead atoms. The van der Waals surface area contributed by atoms with Gasteiger partial charge in [0.15, 0.2) is 21.5 Å². The number of rotatable bonds is 3. The first-order chi connectivity index (χ1) is 12.5. The van der Waals surface area contributed by atoms with Crippen LogP contribution in [0, 0.1) is 11.8 Å². The topological polar surface area (TPSA) is 99.6 Å². The molecule has 0 aliphatic rings. The van der Waals surface area contributed by atoms with E-state index in [0.29, 0.717) is 5.65 Å². The van der Waals surface area contributed by atoms with Crippen LogP contribution in [-0.4, -0.2) is 34.6 Å². The number of halogens is 2. The summed E-state index contributed by atoms with van der Waals surface area (Å²) in [5, 5.41) is 0. The second-order valence-electron chi connectivity index (χ2n) is 6.89. The van der Waals surface area contributed by atoms with Crippen molar-refractivity contribution in [2.45, 2.75) is 30.4 Å². The molecule has 3 aromatic rings. The Morgan fingerprint density at radius 2 is 1.89 bits per heavy atom. The van der Waals surface area contributed by atoms with E-state index in [1.54, 1.807) is 20.8 Å². The molecule has 0 saturated carbocycles. The molecule has 10 heteroatoms. The number of hydrogen-bond donors (Lipinski definition) is 1. The summed E-state index contributed by atoms with van der Waals surface area (Å²) in [4.78, 5) is 7.36. The molecule has 0 saturated heterocycles. The van der Waals surface area contributed by atoms with E-state index < -0.39 is 32.2 Å². The summed E-state index contributed by atoms with van der Waals surface area (Å²) in [5.74, 6) is -2.34. The van der Waals surface area contributed by atoms with Gasteiger partial charge in [0.05, 0.1) is 29.3 Å². The molecule has 0 atom stereocenters. The lowest BCUT2D eigenvalue weighted by Gasteiger charge is -2.21. The molecule has 0 aliphatic heterocycles. The highest BCUT2D eigenvalue weighted by molar-refractivity contribution is 7.92. The van der Waals surface area contributed by atoms with Gasteiger partial charge in [-0.25, -0.2) is 17.8 Å². The van der Waals surface area contributed by atoms with Crippen LogP contribution < -0.4 is 10.5 Å². The van der Waals surface area contributed by atoms with Crippen LogP contribution in [0.25, 0.3) is 16.9 Å². The number of nitrogens with zero attached hydrogens (tertiary/aromatic N) is 3. The molecule has 3 heterocycles. The number of imidazole rings is 1. The zero-order chi connectivity index (χ0) is 20.1. The van der Waals surface area contributed by atoms with Crippen LogP contribution in [0.4, 0.5) is 14.6 Å². The van der Waals surface area contributed by atoms with Crippen molar-refractivity contribution in [3.05, 3.63) is 36.3 Å². The Morgan fingerprint density at radius 3 is 2.48 bits per heavy atom. The van der Waals surface area contributed by atoms with Crippen molar-refractivity contribution >= 4 is 21.3 Å². The highest BCUT2D eigenvalue weighted by atomic mass is 32.2. The SMILES string of the molecule is COc1cc2ncc(-c3cc(F)c(N)nc3F)n2cc1S(=O)(=O)C(C)(C)C.